The predicted molar refractivity (Wildman–Crippen MR) is 62.2 cm³/mol. The zero-order valence-electron chi connectivity index (χ0n) is 10.00. The van der Waals surface area contributed by atoms with E-state index < -0.39 is 0 Å². The minimum atomic E-state index is -0.0321. The SMILES string of the molecule is CC(C)C(=O)Cc1nc(C(C)(C)C)ns1. The summed E-state index contributed by atoms with van der Waals surface area (Å²) in [6.07, 6.45) is 0.422. The highest BCUT2D eigenvalue weighted by Crippen LogP contribution is 2.21. The molecule has 4 heteroatoms. The quantitative estimate of drug-likeness (QED) is 0.795. The lowest BCUT2D eigenvalue weighted by Gasteiger charge is -2.12. The molecule has 0 spiro atoms. The van der Waals surface area contributed by atoms with Crippen molar-refractivity contribution >= 4 is 17.3 Å². The molecule has 0 atom stereocenters. The van der Waals surface area contributed by atoms with E-state index in [4.69, 9.17) is 0 Å². The molecule has 1 aromatic rings. The highest BCUT2D eigenvalue weighted by molar-refractivity contribution is 7.05. The Kier molecular flexibility index (Phi) is 3.60. The van der Waals surface area contributed by atoms with Gasteiger partial charge in [-0.15, -0.1) is 0 Å². The van der Waals surface area contributed by atoms with Crippen LogP contribution in [0.1, 0.15) is 45.5 Å². The van der Waals surface area contributed by atoms with Crippen LogP contribution in [0.25, 0.3) is 0 Å². The Balaban J connectivity index is 2.73. The average molecular weight is 226 g/mol. The molecule has 15 heavy (non-hydrogen) atoms. The van der Waals surface area contributed by atoms with E-state index in [0.717, 1.165) is 10.8 Å². The maximum absolute atomic E-state index is 11.5. The summed E-state index contributed by atoms with van der Waals surface area (Å²) in [5.74, 6) is 1.14. The molecule has 0 aliphatic heterocycles. The fourth-order valence-corrected chi connectivity index (χ4v) is 1.83. The highest BCUT2D eigenvalue weighted by Gasteiger charge is 2.20. The second kappa shape index (κ2) is 4.39. The molecule has 0 N–H and O–H groups in total. The van der Waals surface area contributed by atoms with E-state index in [1.807, 2.05) is 13.8 Å². The molecule has 0 aliphatic rings. The van der Waals surface area contributed by atoms with Crippen LogP contribution in [0.2, 0.25) is 0 Å². The molecular weight excluding hydrogens is 208 g/mol. The first kappa shape index (κ1) is 12.3. The second-order valence-corrected chi connectivity index (χ2v) is 5.90. The fourth-order valence-electron chi connectivity index (χ4n) is 0.984. The van der Waals surface area contributed by atoms with E-state index in [1.54, 1.807) is 0 Å². The van der Waals surface area contributed by atoms with Gasteiger partial charge in [0.2, 0.25) is 0 Å². The first-order valence-electron chi connectivity index (χ1n) is 5.16. The molecule has 0 saturated heterocycles. The molecule has 0 radical (unpaired) electrons. The molecule has 1 rings (SSSR count). The molecule has 0 aliphatic carbocycles. The van der Waals surface area contributed by atoms with Crippen molar-refractivity contribution in [1.82, 2.24) is 9.36 Å². The topological polar surface area (TPSA) is 42.9 Å². The number of Topliss-reactive ketones (excluding diaryl/α,β-unsaturated/α-hetero) is 1. The van der Waals surface area contributed by atoms with E-state index in [0.29, 0.717) is 6.42 Å². The Morgan fingerprint density at radius 2 is 2.00 bits per heavy atom. The number of aromatic nitrogens is 2. The third-order valence-corrected chi connectivity index (χ3v) is 2.82. The molecular formula is C11H18N2OS. The van der Waals surface area contributed by atoms with Crippen molar-refractivity contribution in [2.24, 2.45) is 5.92 Å². The molecule has 0 saturated carbocycles. The zero-order valence-corrected chi connectivity index (χ0v) is 10.8. The molecule has 0 amide bonds. The number of carbonyl (C=O) groups is 1. The van der Waals surface area contributed by atoms with Crippen LogP contribution in [0.5, 0.6) is 0 Å². The third kappa shape index (κ3) is 3.38. The van der Waals surface area contributed by atoms with Gasteiger partial charge in [0.15, 0.2) is 0 Å². The van der Waals surface area contributed by atoms with Crippen LogP contribution in [-0.2, 0) is 16.6 Å². The van der Waals surface area contributed by atoms with Crippen LogP contribution in [0.15, 0.2) is 0 Å². The minimum absolute atomic E-state index is 0.0321. The van der Waals surface area contributed by atoms with E-state index in [2.05, 4.69) is 30.1 Å². The molecule has 84 valence electrons. The average Bonchev–Trinajstić information content (AvgIpc) is 2.51. The summed E-state index contributed by atoms with van der Waals surface area (Å²) in [4.78, 5) is 15.9. The molecule has 0 fully saturated rings. The van der Waals surface area contributed by atoms with Gasteiger partial charge in [-0.3, -0.25) is 4.79 Å². The summed E-state index contributed by atoms with van der Waals surface area (Å²) in [7, 11) is 0. The summed E-state index contributed by atoms with van der Waals surface area (Å²) < 4.78 is 4.28. The Labute approximate surface area is 95.1 Å². The first-order chi connectivity index (χ1) is 6.80. The van der Waals surface area contributed by atoms with E-state index in [9.17, 15) is 4.79 Å². The summed E-state index contributed by atoms with van der Waals surface area (Å²) in [6.45, 7) is 10.0. The Hall–Kier alpha value is -0.770. The van der Waals surface area contributed by atoms with Crippen molar-refractivity contribution in [3.63, 3.8) is 0 Å². The summed E-state index contributed by atoms with van der Waals surface area (Å²) in [6, 6.07) is 0. The largest absolute Gasteiger partial charge is 0.299 e. The van der Waals surface area contributed by atoms with E-state index in [1.165, 1.54) is 11.5 Å². The maximum atomic E-state index is 11.5. The lowest BCUT2D eigenvalue weighted by atomic mass is 9.96. The van der Waals surface area contributed by atoms with Crippen molar-refractivity contribution in [1.29, 1.82) is 0 Å². The molecule has 1 heterocycles. The maximum Gasteiger partial charge on any atom is 0.147 e. The fraction of sp³-hybridized carbons (Fsp3) is 0.727. The Morgan fingerprint density at radius 1 is 1.40 bits per heavy atom. The van der Waals surface area contributed by atoms with Gasteiger partial charge in [-0.05, 0) is 11.5 Å². The van der Waals surface area contributed by atoms with E-state index in [-0.39, 0.29) is 17.1 Å². The lowest BCUT2D eigenvalue weighted by molar-refractivity contribution is -0.121. The normalized spacial score (nSPS) is 12.1. The van der Waals surface area contributed by atoms with Gasteiger partial charge in [0.1, 0.15) is 16.6 Å². The zero-order chi connectivity index (χ0) is 11.6. The highest BCUT2D eigenvalue weighted by atomic mass is 32.1. The number of hydrogen-bond acceptors (Lipinski definition) is 4. The van der Waals surface area contributed by atoms with Crippen molar-refractivity contribution in [2.45, 2.75) is 46.5 Å². The van der Waals surface area contributed by atoms with Crippen molar-refractivity contribution in [3.8, 4) is 0 Å². The second-order valence-electron chi connectivity index (χ2n) is 5.06. The third-order valence-electron chi connectivity index (χ3n) is 2.11. The molecule has 0 aromatic carbocycles. The van der Waals surface area contributed by atoms with Crippen molar-refractivity contribution in [3.05, 3.63) is 10.8 Å². The molecule has 1 aromatic heterocycles. The first-order valence-corrected chi connectivity index (χ1v) is 5.94. The van der Waals surface area contributed by atoms with Gasteiger partial charge in [-0.25, -0.2) is 4.98 Å². The standard InChI is InChI=1S/C11H18N2OS/c1-7(2)8(14)6-9-12-10(13-15-9)11(3,4)5/h7H,6H2,1-5H3. The summed E-state index contributed by atoms with van der Waals surface area (Å²) in [5.41, 5.74) is -0.0321. The minimum Gasteiger partial charge on any atom is -0.299 e. The summed E-state index contributed by atoms with van der Waals surface area (Å²) in [5, 5.41) is 0.832. The number of rotatable bonds is 3. The Bertz CT molecular complexity index is 350. The van der Waals surface area contributed by atoms with Gasteiger partial charge < -0.3 is 0 Å². The van der Waals surface area contributed by atoms with Crippen molar-refractivity contribution < 1.29 is 4.79 Å². The van der Waals surface area contributed by atoms with Crippen LogP contribution < -0.4 is 0 Å². The predicted octanol–water partition coefficient (Wildman–Crippen LogP) is 2.60. The smallest absolute Gasteiger partial charge is 0.147 e. The lowest BCUT2D eigenvalue weighted by Crippen LogP contribution is -2.14. The van der Waals surface area contributed by atoms with Crippen LogP contribution in [-0.4, -0.2) is 15.1 Å². The number of carbonyl (C=O) groups excluding carboxylic acids is 1. The molecule has 3 nitrogen and oxygen atoms in total. The number of hydrogen-bond donors (Lipinski definition) is 0. The van der Waals surface area contributed by atoms with Gasteiger partial charge in [0.05, 0.1) is 6.42 Å². The number of nitrogens with zero attached hydrogens (tertiary/aromatic N) is 2. The van der Waals surface area contributed by atoms with Gasteiger partial charge >= 0.3 is 0 Å². The van der Waals surface area contributed by atoms with Crippen LogP contribution in [0.3, 0.4) is 0 Å². The van der Waals surface area contributed by atoms with Crippen LogP contribution in [0.4, 0.5) is 0 Å². The van der Waals surface area contributed by atoms with Gasteiger partial charge in [-0.2, -0.15) is 4.37 Å². The monoisotopic (exact) mass is 226 g/mol. The van der Waals surface area contributed by atoms with Crippen LogP contribution in [0, 0.1) is 5.92 Å². The van der Waals surface area contributed by atoms with Gasteiger partial charge in [-0.1, -0.05) is 34.6 Å². The van der Waals surface area contributed by atoms with Gasteiger partial charge in [0, 0.05) is 11.3 Å². The van der Waals surface area contributed by atoms with E-state index >= 15 is 0 Å². The Morgan fingerprint density at radius 3 is 2.40 bits per heavy atom. The van der Waals surface area contributed by atoms with Crippen molar-refractivity contribution in [2.75, 3.05) is 0 Å². The van der Waals surface area contributed by atoms with Crippen LogP contribution >= 0.6 is 11.5 Å². The molecule has 0 unspecified atom stereocenters. The molecule has 0 bridgehead atoms. The number of ketones is 1. The summed E-state index contributed by atoms with van der Waals surface area (Å²) >= 11 is 1.34. The van der Waals surface area contributed by atoms with Gasteiger partial charge in [0.25, 0.3) is 0 Å².